The van der Waals surface area contributed by atoms with Crippen LogP contribution in [0.5, 0.6) is 5.75 Å². The maximum Gasteiger partial charge on any atom is 0.231 e. The van der Waals surface area contributed by atoms with E-state index in [1.807, 2.05) is 27.7 Å². The first-order valence-corrected chi connectivity index (χ1v) is 6.41. The predicted octanol–water partition coefficient (Wildman–Crippen LogP) is 3.05. The van der Waals surface area contributed by atoms with Gasteiger partial charge in [-0.25, -0.2) is 0 Å². The van der Waals surface area contributed by atoms with Crippen LogP contribution in [0.4, 0.5) is 5.69 Å². The van der Waals surface area contributed by atoms with Crippen LogP contribution in [0.3, 0.4) is 0 Å². The summed E-state index contributed by atoms with van der Waals surface area (Å²) in [4.78, 5) is 12.3. The van der Waals surface area contributed by atoms with E-state index in [2.05, 4.69) is 5.32 Å². The largest absolute Gasteiger partial charge is 0.495 e. The lowest BCUT2D eigenvalue weighted by Crippen LogP contribution is -2.53. The van der Waals surface area contributed by atoms with Crippen LogP contribution in [0, 0.1) is 5.41 Å². The van der Waals surface area contributed by atoms with Gasteiger partial charge in [0.25, 0.3) is 0 Å². The molecule has 0 fully saturated rings. The predicted molar refractivity (Wildman–Crippen MR) is 78.7 cm³/mol. The SMILES string of the molecule is COc1ccc(NC(=O)C(C)(C)C(C)(C)N)cc1Cl. The van der Waals surface area contributed by atoms with E-state index < -0.39 is 11.0 Å². The number of amides is 1. The molecule has 106 valence electrons. The Morgan fingerprint density at radius 2 is 1.89 bits per heavy atom. The summed E-state index contributed by atoms with van der Waals surface area (Å²) < 4.78 is 5.06. The average molecular weight is 285 g/mol. The Morgan fingerprint density at radius 1 is 1.32 bits per heavy atom. The van der Waals surface area contributed by atoms with Crippen molar-refractivity contribution in [2.75, 3.05) is 12.4 Å². The highest BCUT2D eigenvalue weighted by molar-refractivity contribution is 6.32. The van der Waals surface area contributed by atoms with Crippen molar-refractivity contribution in [3.8, 4) is 5.75 Å². The molecule has 0 bridgehead atoms. The number of nitrogens with one attached hydrogen (secondary N) is 1. The zero-order chi connectivity index (χ0) is 14.8. The Balaban J connectivity index is 2.92. The molecule has 1 aromatic carbocycles. The maximum absolute atomic E-state index is 12.3. The fraction of sp³-hybridized carbons (Fsp3) is 0.500. The van der Waals surface area contributed by atoms with Gasteiger partial charge < -0.3 is 15.8 Å². The Bertz CT molecular complexity index is 479. The number of carbonyl (C=O) groups excluding carboxylic acids is 1. The van der Waals surface area contributed by atoms with Gasteiger partial charge >= 0.3 is 0 Å². The summed E-state index contributed by atoms with van der Waals surface area (Å²) >= 11 is 6.02. The molecular weight excluding hydrogens is 264 g/mol. The van der Waals surface area contributed by atoms with Crippen LogP contribution in [-0.4, -0.2) is 18.6 Å². The molecule has 0 unspecified atom stereocenters. The molecule has 5 heteroatoms. The minimum atomic E-state index is -0.709. The summed E-state index contributed by atoms with van der Waals surface area (Å²) in [5.41, 5.74) is 5.31. The van der Waals surface area contributed by atoms with Crippen LogP contribution in [0.2, 0.25) is 5.02 Å². The van der Waals surface area contributed by atoms with Crippen molar-refractivity contribution in [2.24, 2.45) is 11.1 Å². The molecule has 0 saturated carbocycles. The van der Waals surface area contributed by atoms with E-state index in [1.54, 1.807) is 25.3 Å². The van der Waals surface area contributed by atoms with Crippen LogP contribution < -0.4 is 15.8 Å². The number of hydrogen-bond acceptors (Lipinski definition) is 3. The van der Waals surface area contributed by atoms with Crippen molar-refractivity contribution in [1.29, 1.82) is 0 Å². The van der Waals surface area contributed by atoms with E-state index in [1.165, 1.54) is 0 Å². The smallest absolute Gasteiger partial charge is 0.231 e. The standard InChI is InChI=1S/C14H21ClN2O2/c1-13(2,14(3,4)16)12(18)17-9-6-7-11(19-5)10(15)8-9/h6-8H,16H2,1-5H3,(H,17,18). The number of nitrogens with two attached hydrogens (primary N) is 1. The van der Waals surface area contributed by atoms with Crippen molar-refractivity contribution in [1.82, 2.24) is 0 Å². The molecule has 4 nitrogen and oxygen atoms in total. The maximum atomic E-state index is 12.3. The Morgan fingerprint density at radius 3 is 2.32 bits per heavy atom. The van der Waals surface area contributed by atoms with Gasteiger partial charge in [-0.1, -0.05) is 11.6 Å². The van der Waals surface area contributed by atoms with Crippen LogP contribution >= 0.6 is 11.6 Å². The van der Waals surface area contributed by atoms with E-state index in [4.69, 9.17) is 22.1 Å². The zero-order valence-electron chi connectivity index (χ0n) is 12.0. The molecule has 3 N–H and O–H groups in total. The summed E-state index contributed by atoms with van der Waals surface area (Å²) in [6.45, 7) is 7.28. The van der Waals surface area contributed by atoms with E-state index >= 15 is 0 Å². The van der Waals surface area contributed by atoms with Gasteiger partial charge in [-0.15, -0.1) is 0 Å². The number of methoxy groups -OCH3 is 1. The first-order chi connectivity index (χ1) is 8.59. The summed E-state index contributed by atoms with van der Waals surface area (Å²) in [5.74, 6) is 0.416. The number of benzene rings is 1. The van der Waals surface area contributed by atoms with Gasteiger partial charge in [-0.05, 0) is 45.9 Å². The first-order valence-electron chi connectivity index (χ1n) is 6.03. The van der Waals surface area contributed by atoms with Gasteiger partial charge in [0.15, 0.2) is 0 Å². The first kappa shape index (κ1) is 15.8. The molecule has 0 atom stereocenters. The number of ether oxygens (including phenoxy) is 1. The Labute approximate surface area is 119 Å². The third-order valence-corrected chi connectivity index (χ3v) is 3.88. The van der Waals surface area contributed by atoms with Gasteiger partial charge in [0.1, 0.15) is 5.75 Å². The van der Waals surface area contributed by atoms with E-state index in [9.17, 15) is 4.79 Å². The van der Waals surface area contributed by atoms with E-state index in [0.717, 1.165) is 0 Å². The number of halogens is 1. The van der Waals surface area contributed by atoms with Crippen molar-refractivity contribution in [3.05, 3.63) is 23.2 Å². The van der Waals surface area contributed by atoms with Gasteiger partial charge in [-0.3, -0.25) is 4.79 Å². The van der Waals surface area contributed by atoms with Crippen LogP contribution in [0.15, 0.2) is 18.2 Å². The quantitative estimate of drug-likeness (QED) is 0.893. The minimum Gasteiger partial charge on any atom is -0.495 e. The highest BCUT2D eigenvalue weighted by Crippen LogP contribution is 2.31. The van der Waals surface area contributed by atoms with Crippen molar-refractivity contribution in [3.63, 3.8) is 0 Å². The number of hydrogen-bond donors (Lipinski definition) is 2. The molecule has 0 aliphatic rings. The minimum absolute atomic E-state index is 0.152. The fourth-order valence-electron chi connectivity index (χ4n) is 1.32. The number of carbonyl (C=O) groups is 1. The van der Waals surface area contributed by atoms with Crippen molar-refractivity contribution < 1.29 is 9.53 Å². The van der Waals surface area contributed by atoms with Gasteiger partial charge in [-0.2, -0.15) is 0 Å². The monoisotopic (exact) mass is 284 g/mol. The molecule has 0 radical (unpaired) electrons. The lowest BCUT2D eigenvalue weighted by atomic mass is 9.74. The zero-order valence-corrected chi connectivity index (χ0v) is 12.8. The lowest BCUT2D eigenvalue weighted by Gasteiger charge is -2.36. The van der Waals surface area contributed by atoms with Crippen molar-refractivity contribution >= 4 is 23.2 Å². The van der Waals surface area contributed by atoms with E-state index in [-0.39, 0.29) is 5.91 Å². The molecule has 19 heavy (non-hydrogen) atoms. The van der Waals surface area contributed by atoms with Crippen LogP contribution in [0.25, 0.3) is 0 Å². The van der Waals surface area contributed by atoms with Gasteiger partial charge in [0.05, 0.1) is 17.5 Å². The Kier molecular flexibility index (Phi) is 4.48. The molecule has 1 rings (SSSR count). The Hall–Kier alpha value is -1.26. The number of rotatable bonds is 4. The molecule has 0 aromatic heterocycles. The molecule has 0 aliphatic carbocycles. The highest BCUT2D eigenvalue weighted by Gasteiger charge is 2.40. The third-order valence-electron chi connectivity index (χ3n) is 3.59. The topological polar surface area (TPSA) is 64.3 Å². The summed E-state index contributed by atoms with van der Waals surface area (Å²) in [6, 6.07) is 5.10. The summed E-state index contributed by atoms with van der Waals surface area (Å²) in [7, 11) is 1.54. The fourth-order valence-corrected chi connectivity index (χ4v) is 1.58. The summed E-state index contributed by atoms with van der Waals surface area (Å²) in [6.07, 6.45) is 0. The van der Waals surface area contributed by atoms with E-state index in [0.29, 0.717) is 16.5 Å². The third kappa shape index (κ3) is 3.39. The van der Waals surface area contributed by atoms with Gasteiger partial charge in [0.2, 0.25) is 5.91 Å². The molecule has 0 heterocycles. The van der Waals surface area contributed by atoms with Gasteiger partial charge in [0, 0.05) is 11.2 Å². The molecule has 0 aliphatic heterocycles. The molecule has 1 aromatic rings. The molecule has 0 saturated heterocycles. The molecular formula is C14H21ClN2O2. The number of anilines is 1. The average Bonchev–Trinajstić information content (AvgIpc) is 2.27. The normalized spacial score (nSPS) is 12.2. The molecule has 0 spiro atoms. The van der Waals surface area contributed by atoms with Crippen LogP contribution in [0.1, 0.15) is 27.7 Å². The second kappa shape index (κ2) is 5.39. The second-order valence-electron chi connectivity index (χ2n) is 5.65. The lowest BCUT2D eigenvalue weighted by molar-refractivity contribution is -0.126. The van der Waals surface area contributed by atoms with Crippen molar-refractivity contribution in [2.45, 2.75) is 33.2 Å². The highest BCUT2D eigenvalue weighted by atomic mass is 35.5. The molecule has 1 amide bonds. The second-order valence-corrected chi connectivity index (χ2v) is 6.06. The summed E-state index contributed by atoms with van der Waals surface area (Å²) in [5, 5.41) is 3.27. The van der Waals surface area contributed by atoms with Crippen LogP contribution in [-0.2, 0) is 4.79 Å².